The average molecular weight is 1060 g/mol. The molecule has 4 N–H and O–H groups in total. The molecule has 0 saturated carbocycles. The number of amides is 1. The van der Waals surface area contributed by atoms with Crippen molar-refractivity contribution in [1.82, 2.24) is 5.32 Å². The van der Waals surface area contributed by atoms with Crippen molar-refractivity contribution >= 4 is 13.7 Å². The normalized spacial score (nSPS) is 15.4. The van der Waals surface area contributed by atoms with Crippen LogP contribution < -0.4 is 5.32 Å². The number of likely N-dealkylation sites (N-methyl/N-ethyl adjacent to an activating group) is 1. The number of nitrogens with zero attached hydrogens (tertiary/aromatic N) is 1. The molecule has 0 saturated heterocycles. The zero-order chi connectivity index (χ0) is 55.0. The highest BCUT2D eigenvalue weighted by Gasteiger charge is 2.32. The zero-order valence-corrected chi connectivity index (χ0v) is 49.0. The number of quaternary nitrogens is 1. The molecule has 10 heteroatoms. The van der Waals surface area contributed by atoms with Crippen LogP contribution in [0.1, 0.15) is 200 Å². The van der Waals surface area contributed by atoms with Gasteiger partial charge in [0.25, 0.3) is 0 Å². The minimum atomic E-state index is -4.44. The first-order chi connectivity index (χ1) is 36.4. The number of aliphatic hydroxyl groups excluding tert-OH is 2. The van der Waals surface area contributed by atoms with Crippen LogP contribution in [0.4, 0.5) is 0 Å². The zero-order valence-electron chi connectivity index (χ0n) is 48.1. The van der Waals surface area contributed by atoms with Gasteiger partial charge in [-0.2, -0.15) is 0 Å². The maximum atomic E-state index is 13.0. The first kappa shape index (κ1) is 71.3. The van der Waals surface area contributed by atoms with Gasteiger partial charge < -0.3 is 24.9 Å². The van der Waals surface area contributed by atoms with Crippen LogP contribution >= 0.6 is 7.82 Å². The van der Waals surface area contributed by atoms with E-state index in [9.17, 15) is 24.5 Å². The quantitative estimate of drug-likeness (QED) is 0.0207. The minimum Gasteiger partial charge on any atom is -0.390 e. The number of unbranched alkanes of at least 4 members (excludes halogenated alkanes) is 13. The second-order valence-corrected chi connectivity index (χ2v) is 21.9. The van der Waals surface area contributed by atoms with Gasteiger partial charge in [-0.1, -0.05) is 237 Å². The number of carbonyl (C=O) groups is 1. The Morgan fingerprint density at radius 2 is 0.827 bits per heavy atom. The molecule has 0 aromatic heterocycles. The van der Waals surface area contributed by atoms with E-state index in [1.54, 1.807) is 0 Å². The van der Waals surface area contributed by atoms with Crippen LogP contribution in [0.2, 0.25) is 0 Å². The Morgan fingerprint density at radius 1 is 0.480 bits per heavy atom. The fourth-order valence-corrected chi connectivity index (χ4v) is 8.33. The van der Waals surface area contributed by atoms with Crippen molar-refractivity contribution in [2.24, 2.45) is 0 Å². The maximum absolute atomic E-state index is 13.0. The minimum absolute atomic E-state index is 0.00528. The van der Waals surface area contributed by atoms with Crippen LogP contribution in [0, 0.1) is 0 Å². The molecule has 1 amide bonds. The fraction of sp³-hybridized carbons (Fsp3) is 0.615. The van der Waals surface area contributed by atoms with E-state index in [1.165, 1.54) is 51.4 Å². The highest BCUT2D eigenvalue weighted by atomic mass is 31.2. The van der Waals surface area contributed by atoms with Crippen molar-refractivity contribution in [3.05, 3.63) is 146 Å². The number of hydrogen-bond acceptors (Lipinski definition) is 6. The molecule has 0 radical (unpaired) electrons. The predicted molar refractivity (Wildman–Crippen MR) is 323 cm³/mol. The summed E-state index contributed by atoms with van der Waals surface area (Å²) in [4.78, 5) is 23.3. The van der Waals surface area contributed by atoms with Gasteiger partial charge in [-0.05, 0) is 103 Å². The first-order valence-corrected chi connectivity index (χ1v) is 30.8. The van der Waals surface area contributed by atoms with E-state index in [-0.39, 0.29) is 18.9 Å². The standard InChI is InChI=1S/C65H109N2O7P/c1-6-8-10-12-14-16-18-20-21-22-23-24-25-26-27-28-29-30-31-32-33-34-35-36-37-38-39-40-41-42-43-44-45-46-48-50-52-54-56-58-64(69)66-62(61-74-75(71,72)73-60-59-67(3,4)5)65(70)63(68)57-55-53-51-49-47-19-17-15-13-11-9-7-2/h8,10,14,16,20-21,23-24,26-27,29-30,32-33,35-36,38-39,41-42,44-45,48,50,62-63,65,68,70H,6-7,9,11-13,15,17-19,22,25,28,31,34,37,40,43,46-47,49,51-61H2,1-5H3,(H-,66,69,71,72)/p+1/b10-8-,16-14-,21-20-,24-23-,27-26-,30-29-,33-32-,36-35-,39-38-,42-41-,45-44-,50-48-. The second kappa shape index (κ2) is 53.7. The van der Waals surface area contributed by atoms with Gasteiger partial charge in [-0.3, -0.25) is 13.8 Å². The number of phosphoric acid groups is 1. The molecule has 0 aromatic carbocycles. The monoisotopic (exact) mass is 1060 g/mol. The molecular formula is C65H110N2O7P+. The molecule has 0 aliphatic heterocycles. The number of allylic oxidation sites excluding steroid dienone is 24. The average Bonchev–Trinajstić information content (AvgIpc) is 3.37. The molecule has 9 nitrogen and oxygen atoms in total. The van der Waals surface area contributed by atoms with Crippen molar-refractivity contribution in [2.75, 3.05) is 40.9 Å². The van der Waals surface area contributed by atoms with E-state index in [0.29, 0.717) is 23.9 Å². The maximum Gasteiger partial charge on any atom is 0.472 e. The molecule has 0 bridgehead atoms. The summed E-state index contributed by atoms with van der Waals surface area (Å²) >= 11 is 0. The number of carbonyl (C=O) groups excluding carboxylic acids is 1. The molecule has 0 heterocycles. The molecule has 0 fully saturated rings. The van der Waals surface area contributed by atoms with Crippen LogP contribution in [0.15, 0.2) is 146 Å². The van der Waals surface area contributed by atoms with Gasteiger partial charge in [0.2, 0.25) is 5.91 Å². The highest BCUT2D eigenvalue weighted by Crippen LogP contribution is 2.43. The Morgan fingerprint density at radius 3 is 1.19 bits per heavy atom. The molecule has 0 rings (SSSR count). The number of phosphoric ester groups is 1. The van der Waals surface area contributed by atoms with Gasteiger partial charge in [-0.25, -0.2) is 4.57 Å². The lowest BCUT2D eigenvalue weighted by Crippen LogP contribution is -2.51. The fourth-order valence-electron chi connectivity index (χ4n) is 7.59. The summed E-state index contributed by atoms with van der Waals surface area (Å²) in [5.74, 6) is -0.307. The third kappa shape index (κ3) is 54.9. The molecule has 4 unspecified atom stereocenters. The first-order valence-electron chi connectivity index (χ1n) is 29.3. The third-order valence-corrected chi connectivity index (χ3v) is 13.2. The summed E-state index contributed by atoms with van der Waals surface area (Å²) in [5.41, 5.74) is 0. The lowest BCUT2D eigenvalue weighted by molar-refractivity contribution is -0.870. The van der Waals surface area contributed by atoms with E-state index < -0.39 is 32.7 Å². The van der Waals surface area contributed by atoms with Gasteiger partial charge in [0.05, 0.1) is 39.9 Å². The summed E-state index contributed by atoms with van der Waals surface area (Å²) in [6.45, 7) is 4.43. The number of aliphatic hydroxyl groups is 2. The second-order valence-electron chi connectivity index (χ2n) is 20.4. The molecular weight excluding hydrogens is 952 g/mol. The lowest BCUT2D eigenvalue weighted by Gasteiger charge is -2.28. The summed E-state index contributed by atoms with van der Waals surface area (Å²) in [7, 11) is 1.38. The van der Waals surface area contributed by atoms with Crippen LogP contribution in [-0.2, 0) is 18.4 Å². The van der Waals surface area contributed by atoms with Crippen molar-refractivity contribution in [3.63, 3.8) is 0 Å². The molecule has 0 spiro atoms. The van der Waals surface area contributed by atoms with Crippen molar-refractivity contribution in [1.29, 1.82) is 0 Å². The summed E-state index contributed by atoms with van der Waals surface area (Å²) in [6.07, 6.45) is 79.4. The number of hydrogen-bond donors (Lipinski definition) is 4. The smallest absolute Gasteiger partial charge is 0.390 e. The molecule has 426 valence electrons. The van der Waals surface area contributed by atoms with Crippen LogP contribution in [-0.4, -0.2) is 84.6 Å². The Kier molecular flexibility index (Phi) is 51.1. The molecule has 4 atom stereocenters. The summed E-state index contributed by atoms with van der Waals surface area (Å²) in [6, 6.07) is -1.07. The van der Waals surface area contributed by atoms with Gasteiger partial charge >= 0.3 is 7.82 Å². The SMILES string of the molecule is CC/C=C\C/C=C\C/C=C\C/C=C\C/C=C\C/C=C\C/C=C\C/C=C\C/C=C\C/C=C\C/C=C\C/C=C\CCCCC(=O)NC(COP(=O)(O)OCC[N+](C)(C)C)C(O)C(O)CCCCCCCCCCCCCC. The highest BCUT2D eigenvalue weighted by molar-refractivity contribution is 7.47. The number of rotatable bonds is 51. The lowest BCUT2D eigenvalue weighted by atomic mass is 9.99. The van der Waals surface area contributed by atoms with Gasteiger partial charge in [0.15, 0.2) is 0 Å². The summed E-state index contributed by atoms with van der Waals surface area (Å²) in [5, 5.41) is 24.8. The van der Waals surface area contributed by atoms with E-state index in [0.717, 1.165) is 116 Å². The topological polar surface area (TPSA) is 125 Å². The molecule has 75 heavy (non-hydrogen) atoms. The van der Waals surface area contributed by atoms with Crippen molar-refractivity contribution < 1.29 is 38.0 Å². The molecule has 0 aliphatic rings. The summed E-state index contributed by atoms with van der Waals surface area (Å²) < 4.78 is 23.6. The largest absolute Gasteiger partial charge is 0.472 e. The van der Waals surface area contributed by atoms with Crippen LogP contribution in [0.25, 0.3) is 0 Å². The van der Waals surface area contributed by atoms with Crippen LogP contribution in [0.5, 0.6) is 0 Å². The molecule has 0 aromatic rings. The molecule has 0 aliphatic carbocycles. The Bertz CT molecular complexity index is 1740. The van der Waals surface area contributed by atoms with Crippen LogP contribution in [0.3, 0.4) is 0 Å². The Labute approximate surface area is 460 Å². The Hall–Kier alpha value is -3.66. The van der Waals surface area contributed by atoms with Crippen molar-refractivity contribution in [3.8, 4) is 0 Å². The van der Waals surface area contributed by atoms with Gasteiger partial charge in [-0.15, -0.1) is 0 Å². The predicted octanol–water partition coefficient (Wildman–Crippen LogP) is 17.1. The van der Waals surface area contributed by atoms with Crippen molar-refractivity contribution in [2.45, 2.75) is 218 Å². The van der Waals surface area contributed by atoms with E-state index in [2.05, 4.69) is 165 Å². The van der Waals surface area contributed by atoms with E-state index in [4.69, 9.17) is 9.05 Å². The van der Waals surface area contributed by atoms with E-state index >= 15 is 0 Å². The van der Waals surface area contributed by atoms with Gasteiger partial charge in [0.1, 0.15) is 19.3 Å². The third-order valence-electron chi connectivity index (χ3n) is 12.2. The van der Waals surface area contributed by atoms with Gasteiger partial charge in [0, 0.05) is 6.42 Å². The number of nitrogens with one attached hydrogen (secondary N) is 1. The van der Waals surface area contributed by atoms with E-state index in [1.807, 2.05) is 21.1 Å². The Balaban J connectivity index is 4.30.